The van der Waals surface area contributed by atoms with Crippen molar-refractivity contribution < 1.29 is 72.5 Å². The summed E-state index contributed by atoms with van der Waals surface area (Å²) in [6.45, 7) is -0.606. The first kappa shape index (κ1) is 101. The van der Waals surface area contributed by atoms with Crippen LogP contribution in [0.3, 0.4) is 0 Å². The summed E-state index contributed by atoms with van der Waals surface area (Å²) in [6, 6.07) is -10.1. The molecule has 48 nitrogen and oxygen atoms in total. The largest absolute Gasteiger partial charge is 0.508 e. The van der Waals surface area contributed by atoms with E-state index in [0.29, 0.717) is 24.8 Å². The zero-order valence-electron chi connectivity index (χ0n) is 66.1. The highest BCUT2D eigenvalue weighted by molar-refractivity contribution is 5.99. The number of carboxylic acids is 1. The topological polar surface area (TPSA) is 876 Å². The summed E-state index contributed by atoms with van der Waals surface area (Å²) >= 11 is 0. The summed E-state index contributed by atoms with van der Waals surface area (Å²) in [7, 11) is 0. The average Bonchev–Trinajstić information content (AvgIpc) is 1.75. The van der Waals surface area contributed by atoms with Gasteiger partial charge in [0.25, 0.3) is 0 Å². The van der Waals surface area contributed by atoms with Crippen LogP contribution in [-0.4, -0.2) is 260 Å². The maximum Gasteiger partial charge on any atom is 0.326 e. The third-order valence-electron chi connectivity index (χ3n) is 17.9. The summed E-state index contributed by atoms with van der Waals surface area (Å²) in [4.78, 5) is 208. The van der Waals surface area contributed by atoms with Crippen molar-refractivity contribution in [1.82, 2.24) is 58.1 Å². The van der Waals surface area contributed by atoms with Crippen LogP contribution in [0.5, 0.6) is 5.75 Å². The summed E-state index contributed by atoms with van der Waals surface area (Å²) in [6.07, 6.45) is -0.510. The first-order valence-corrected chi connectivity index (χ1v) is 38.5. The van der Waals surface area contributed by atoms with Crippen LogP contribution in [0.15, 0.2) is 54.2 Å². The maximum atomic E-state index is 14.9. The van der Waals surface area contributed by atoms with Gasteiger partial charge in [-0.15, -0.1) is 0 Å². The number of rotatable bonds is 59. The molecular formula is C69H125N33O15. The second-order valence-corrected chi connectivity index (χ2v) is 27.6. The fraction of sp³-hybridized carbons (Fsp3) is 0.638. The van der Waals surface area contributed by atoms with Crippen molar-refractivity contribution >= 4 is 113 Å². The Balaban J connectivity index is 2.70. The van der Waals surface area contributed by atoms with Crippen molar-refractivity contribution in [1.29, 1.82) is 0 Å². The van der Waals surface area contributed by atoms with E-state index in [-0.39, 0.29) is 216 Å². The number of primary amides is 1. The minimum absolute atomic E-state index is 0.000865. The number of phenolic OH excluding ortho intramolecular Hbond substituents is 1. The molecule has 0 spiro atoms. The Bertz CT molecular complexity index is 3560. The number of phenols is 1. The zero-order chi connectivity index (χ0) is 87.5. The van der Waals surface area contributed by atoms with Gasteiger partial charge in [0.2, 0.25) is 70.9 Å². The minimum atomic E-state index is -1.76. The van der Waals surface area contributed by atoms with E-state index in [1.165, 1.54) is 12.1 Å². The predicted octanol–water partition coefficient (Wildman–Crippen LogP) is -11.3. The summed E-state index contributed by atoms with van der Waals surface area (Å²) in [5, 5.41) is 45.6. The molecule has 0 aromatic heterocycles. The number of carboxylic acid groups (broad SMARTS) is 1. The number of aromatic hydroxyl groups is 1. The van der Waals surface area contributed by atoms with Gasteiger partial charge >= 0.3 is 5.97 Å². The molecule has 1 saturated heterocycles. The lowest BCUT2D eigenvalue weighted by molar-refractivity contribution is -0.149. The predicted molar refractivity (Wildman–Crippen MR) is 436 cm³/mol. The smallest absolute Gasteiger partial charge is 0.326 e. The molecule has 12 amide bonds. The van der Waals surface area contributed by atoms with Crippen molar-refractivity contribution in [2.24, 2.45) is 122 Å². The Kier molecular flexibility index (Phi) is 48.2. The number of unbranched alkanes of at least 4 members (excludes halogenated alkanes) is 2. The van der Waals surface area contributed by atoms with Gasteiger partial charge in [-0.05, 0) is 172 Å². The lowest BCUT2D eigenvalue weighted by atomic mass is 10.0. The molecule has 0 radical (unpaired) electrons. The molecular weight excluding hydrogens is 1530 g/mol. The average molecular weight is 1660 g/mol. The highest BCUT2D eigenvalue weighted by atomic mass is 16.4. The Labute approximate surface area is 677 Å². The number of aliphatic imine (C=N–C) groups is 6. The van der Waals surface area contributed by atoms with E-state index in [0.717, 1.165) is 4.90 Å². The normalized spacial score (nSPS) is 14.7. The van der Waals surface area contributed by atoms with E-state index in [1.807, 2.05) is 0 Å². The van der Waals surface area contributed by atoms with Gasteiger partial charge in [-0.1, -0.05) is 12.1 Å². The SMILES string of the molecule is NCCCC[C@H](NC(=O)[C@H](CCCN=C(N)N)NC(=O)CNC(=O)[C@@H](N)Cc1ccc(O)cc1)C(=O)N[C@@H](CCCCN)C(=O)N[C@@H](CCCN=C(N)N)C(=O)N[C@@H](CCCN=C(N)N)C(=O)N[C@@H](CCC(N)=O)C(=O)N[C@@H](CCCN=C(N)N)C(=O)N[C@@H](CCCN=C(N)N)C(=O)N[C@@H](CCCN=C(N)N)C(=O)N1CCC[C@H]1C(=O)O. The van der Waals surface area contributed by atoms with E-state index in [4.69, 9.17) is 91.7 Å². The number of carbonyl (C=O) groups is 13. The lowest BCUT2D eigenvalue weighted by Crippen LogP contribution is -2.60. The van der Waals surface area contributed by atoms with E-state index in [1.54, 1.807) is 12.1 Å². The summed E-state index contributed by atoms with van der Waals surface area (Å²) in [5.41, 5.74) is 91.0. The highest BCUT2D eigenvalue weighted by Gasteiger charge is 2.40. The number of nitrogens with zero attached hydrogens (tertiary/aromatic N) is 7. The quantitative estimate of drug-likeness (QED) is 0.0164. The van der Waals surface area contributed by atoms with Gasteiger partial charge in [-0.25, -0.2) is 4.79 Å². The Hall–Kier alpha value is -12.4. The number of guanidine groups is 6. The maximum absolute atomic E-state index is 14.9. The number of hydrogen-bond acceptors (Lipinski definition) is 23. The van der Waals surface area contributed by atoms with Gasteiger partial charge in [0.05, 0.1) is 12.6 Å². The number of hydrogen-bond donors (Lipinski definition) is 28. The molecule has 1 fully saturated rings. The van der Waals surface area contributed by atoms with Crippen molar-refractivity contribution in [3.8, 4) is 5.75 Å². The van der Waals surface area contributed by atoms with Crippen molar-refractivity contribution in [2.75, 3.05) is 65.4 Å². The summed E-state index contributed by atoms with van der Waals surface area (Å²) in [5.74, 6) is -14.1. The van der Waals surface area contributed by atoms with Crippen LogP contribution in [0.1, 0.15) is 147 Å². The first-order chi connectivity index (χ1) is 55.5. The molecule has 1 aliphatic rings. The molecule has 0 unspecified atom stereocenters. The number of carbonyl (C=O) groups excluding carboxylic acids is 12. The molecule has 0 bridgehead atoms. The number of benzene rings is 1. The molecule has 11 atom stereocenters. The molecule has 656 valence electrons. The molecule has 1 aromatic rings. The minimum Gasteiger partial charge on any atom is -0.508 e. The van der Waals surface area contributed by atoms with Gasteiger partial charge in [-0.3, -0.25) is 87.5 Å². The van der Waals surface area contributed by atoms with Crippen LogP contribution in [0.4, 0.5) is 0 Å². The molecule has 0 aliphatic carbocycles. The zero-order valence-corrected chi connectivity index (χ0v) is 66.1. The highest BCUT2D eigenvalue weighted by Crippen LogP contribution is 2.21. The van der Waals surface area contributed by atoms with Gasteiger partial charge in [-0.2, -0.15) is 0 Å². The fourth-order valence-corrected chi connectivity index (χ4v) is 11.9. The fourth-order valence-electron chi connectivity index (χ4n) is 11.9. The van der Waals surface area contributed by atoms with Gasteiger partial charge in [0, 0.05) is 52.2 Å². The Morgan fingerprint density at radius 2 is 0.667 bits per heavy atom. The molecule has 48 heteroatoms. The Morgan fingerprint density at radius 3 is 0.957 bits per heavy atom. The number of nitrogens with two attached hydrogens (primary N) is 16. The van der Waals surface area contributed by atoms with E-state index < -0.39 is 163 Å². The third-order valence-corrected chi connectivity index (χ3v) is 17.9. The van der Waals surface area contributed by atoms with Gasteiger partial charge < -0.3 is 160 Å². The molecule has 1 heterocycles. The lowest BCUT2D eigenvalue weighted by Gasteiger charge is -2.29. The van der Waals surface area contributed by atoms with Crippen LogP contribution >= 0.6 is 0 Å². The molecule has 44 N–H and O–H groups in total. The molecule has 1 aromatic carbocycles. The second kappa shape index (κ2) is 56.0. The molecule has 117 heavy (non-hydrogen) atoms. The number of nitrogens with one attached hydrogen (secondary N) is 10. The van der Waals surface area contributed by atoms with Crippen LogP contribution in [-0.2, 0) is 68.7 Å². The van der Waals surface area contributed by atoms with Crippen LogP contribution in [0, 0.1) is 0 Å². The standard InChI is InChI=1S/C69H125N33O15/c70-27-3-1-12-42(94-54(107)41(14-5-29-86-64(74)75)93-52(105)37-92-53(106)40(72)36-38-21-23-39(103)24-22-38)55(108)95-43(13-2-4-28-71)56(109)96-44(15-6-30-87-65(76)77)57(110)97-46(17-8-32-89-67(80)81)59(112)100-48(25-26-51(73)104)61(114)99-45(16-7-31-88-66(78)79)58(111)98-47(18-9-33-90-68(82)83)60(113)101-49(19-10-34-91-69(84)85)62(115)102-35-11-20-50(102)63(116)117/h21-24,40-50,103H,1-20,25-37,70-72H2,(H2,73,104)(H,92,106)(H,93,105)(H,94,107)(H,95,108)(H,96,109)(H,97,110)(H,98,111)(H,99,114)(H,100,112)(H,101,113)(H,116,117)(H4,74,75,86)(H4,76,77,87)(H4,78,79,88)(H4,80,81,89)(H4,82,83,90)(H4,84,85,91)/t40-,41-,42-,43-,44-,45-,46-,47-,48-,49-,50-/m0/s1. The second-order valence-electron chi connectivity index (χ2n) is 27.6. The van der Waals surface area contributed by atoms with Crippen LogP contribution in [0.2, 0.25) is 0 Å². The summed E-state index contributed by atoms with van der Waals surface area (Å²) < 4.78 is 0. The van der Waals surface area contributed by atoms with E-state index in [2.05, 4.69) is 83.1 Å². The monoisotopic (exact) mass is 1660 g/mol. The van der Waals surface area contributed by atoms with Crippen LogP contribution in [0.25, 0.3) is 0 Å². The molecule has 1 aliphatic heterocycles. The van der Waals surface area contributed by atoms with Gasteiger partial charge in [0.1, 0.15) is 66.2 Å². The van der Waals surface area contributed by atoms with Crippen molar-refractivity contribution in [2.45, 2.75) is 214 Å². The van der Waals surface area contributed by atoms with E-state index in [9.17, 15) is 72.5 Å². The van der Waals surface area contributed by atoms with Gasteiger partial charge in [0.15, 0.2) is 35.8 Å². The molecule has 0 saturated carbocycles. The van der Waals surface area contributed by atoms with Crippen molar-refractivity contribution in [3.63, 3.8) is 0 Å². The third kappa shape index (κ3) is 43.1. The number of likely N-dealkylation sites (tertiary alicyclic amines) is 1. The van der Waals surface area contributed by atoms with E-state index >= 15 is 0 Å². The first-order valence-electron chi connectivity index (χ1n) is 38.5. The number of amides is 12. The van der Waals surface area contributed by atoms with Crippen molar-refractivity contribution in [3.05, 3.63) is 29.8 Å². The molecule has 2 rings (SSSR count). The number of aliphatic carboxylic acids is 1. The Morgan fingerprint density at radius 1 is 0.385 bits per heavy atom. The van der Waals surface area contributed by atoms with Crippen LogP contribution < -0.4 is 145 Å².